The third-order valence-electron chi connectivity index (χ3n) is 12.7. The second kappa shape index (κ2) is 23.4. The number of halogens is 1. The van der Waals surface area contributed by atoms with E-state index in [1.165, 1.54) is 42.7 Å². The lowest BCUT2D eigenvalue weighted by atomic mass is 10.1. The zero-order valence-corrected chi connectivity index (χ0v) is 46.2. The van der Waals surface area contributed by atoms with Crippen molar-refractivity contribution in [2.75, 3.05) is 82.4 Å². The average molecular weight is 1170 g/mol. The van der Waals surface area contributed by atoms with Gasteiger partial charge in [0.2, 0.25) is 11.8 Å². The summed E-state index contributed by atoms with van der Waals surface area (Å²) in [4.78, 5) is 24.6. The minimum atomic E-state index is 0.426. The number of morpholine rings is 2. The molecule has 2 saturated heterocycles. The van der Waals surface area contributed by atoms with E-state index in [2.05, 4.69) is 105 Å². The molecular formula is C58H52IN5O6S4. The summed E-state index contributed by atoms with van der Waals surface area (Å²) in [6.45, 7) is 7.13. The van der Waals surface area contributed by atoms with E-state index in [-0.39, 0.29) is 0 Å². The molecule has 16 heteroatoms. The maximum atomic E-state index is 6.25. The highest BCUT2D eigenvalue weighted by Gasteiger charge is 2.25. The van der Waals surface area contributed by atoms with Crippen molar-refractivity contribution in [1.82, 2.24) is 9.97 Å². The molecule has 4 aliphatic heterocycles. The Morgan fingerprint density at radius 1 is 0.500 bits per heavy atom. The summed E-state index contributed by atoms with van der Waals surface area (Å²) in [5.74, 6) is 2.89. The van der Waals surface area contributed by atoms with Crippen molar-refractivity contribution < 1.29 is 28.4 Å². The van der Waals surface area contributed by atoms with Crippen molar-refractivity contribution in [3.05, 3.63) is 160 Å². The van der Waals surface area contributed by atoms with Crippen LogP contribution in [0.15, 0.2) is 185 Å². The number of aromatic nitrogens is 2. The van der Waals surface area contributed by atoms with Gasteiger partial charge in [-0.1, -0.05) is 95.6 Å². The first-order chi connectivity index (χ1) is 36.3. The number of hydrogen-bond acceptors (Lipinski definition) is 15. The SMILES string of the molecule is COc1ccc(COc2cc(N3CCOCC3)cc(-c3cccc4c3Sc3ccc(I)cc3S4)n2)cc1.COc1ccc(COc2cc(N3CCOCC3)cc(-c3cccc4c3Sc3ccc(N)cc3S4)n2)cc1. The molecule has 2 aromatic heterocycles. The van der Waals surface area contributed by atoms with E-state index in [1.807, 2.05) is 96.3 Å². The van der Waals surface area contributed by atoms with Gasteiger partial charge in [0.05, 0.1) is 52.0 Å². The van der Waals surface area contributed by atoms with Crippen LogP contribution in [0.25, 0.3) is 22.5 Å². The molecular weight excluding hydrogens is 1120 g/mol. The van der Waals surface area contributed by atoms with Gasteiger partial charge < -0.3 is 44.0 Å². The first kappa shape index (κ1) is 50.4. The summed E-state index contributed by atoms with van der Waals surface area (Å²) < 4.78 is 35.5. The zero-order chi connectivity index (χ0) is 50.4. The third kappa shape index (κ3) is 11.9. The van der Waals surface area contributed by atoms with Crippen LogP contribution in [0.5, 0.6) is 23.3 Å². The van der Waals surface area contributed by atoms with E-state index in [0.717, 1.165) is 102 Å². The van der Waals surface area contributed by atoms with Crippen molar-refractivity contribution in [2.24, 2.45) is 0 Å². The molecule has 0 unspecified atom stereocenters. The highest BCUT2D eigenvalue weighted by Crippen LogP contribution is 2.54. The Hall–Kier alpha value is -5.73. The topological polar surface area (TPSA) is 114 Å². The number of benzene rings is 6. The summed E-state index contributed by atoms with van der Waals surface area (Å²) >= 11 is 9.56. The van der Waals surface area contributed by atoms with E-state index in [4.69, 9.17) is 44.1 Å². The molecule has 2 N–H and O–H groups in total. The van der Waals surface area contributed by atoms with Gasteiger partial charge in [-0.05, 0) is 119 Å². The van der Waals surface area contributed by atoms with Crippen LogP contribution >= 0.6 is 69.6 Å². The van der Waals surface area contributed by atoms with Crippen LogP contribution in [0.3, 0.4) is 0 Å². The summed E-state index contributed by atoms with van der Waals surface area (Å²) in [6.07, 6.45) is 0. The molecule has 74 heavy (non-hydrogen) atoms. The summed E-state index contributed by atoms with van der Waals surface area (Å²) in [5.41, 5.74) is 15.2. The minimum Gasteiger partial charge on any atom is -0.497 e. The van der Waals surface area contributed by atoms with Crippen molar-refractivity contribution in [3.63, 3.8) is 0 Å². The van der Waals surface area contributed by atoms with Gasteiger partial charge >= 0.3 is 0 Å². The number of rotatable bonds is 12. The average Bonchev–Trinajstić information content (AvgIpc) is 3.45. The van der Waals surface area contributed by atoms with Crippen LogP contribution in [-0.4, -0.2) is 76.8 Å². The van der Waals surface area contributed by atoms with Crippen molar-refractivity contribution >= 4 is 86.7 Å². The van der Waals surface area contributed by atoms with E-state index in [1.54, 1.807) is 37.7 Å². The molecule has 0 amide bonds. The lowest BCUT2D eigenvalue weighted by molar-refractivity contribution is 0.122. The maximum Gasteiger partial charge on any atom is 0.216 e. The molecule has 2 fully saturated rings. The van der Waals surface area contributed by atoms with E-state index >= 15 is 0 Å². The highest BCUT2D eigenvalue weighted by atomic mass is 127. The van der Waals surface area contributed by atoms with Crippen LogP contribution in [0.4, 0.5) is 17.1 Å². The molecule has 0 radical (unpaired) electrons. The van der Waals surface area contributed by atoms with Gasteiger partial charge in [-0.2, -0.15) is 0 Å². The molecule has 0 bridgehead atoms. The van der Waals surface area contributed by atoms with Crippen LogP contribution in [0, 0.1) is 3.57 Å². The summed E-state index contributed by atoms with van der Waals surface area (Å²) in [7, 11) is 3.34. The van der Waals surface area contributed by atoms with Gasteiger partial charge in [0.15, 0.2) is 0 Å². The standard InChI is InChI=1S/C29H25IN2O3S2.C29H27N3O3S2/c2*1-33-22-8-5-19(6-9-22)18-35-28-17-21(32-11-13-34-14-12-32)16-24(31-28)23-3-2-4-26-29(23)37-25-10-7-20(30)15-27(25)36-26/h2-10,15-17H,11-14,18H2,1H3;2-10,15-17H,11-14,18,30H2,1H3. The Morgan fingerprint density at radius 3 is 1.43 bits per heavy atom. The van der Waals surface area contributed by atoms with Gasteiger partial charge in [0.1, 0.15) is 24.7 Å². The molecule has 0 atom stereocenters. The molecule has 0 saturated carbocycles. The van der Waals surface area contributed by atoms with Gasteiger partial charge in [-0.25, -0.2) is 9.97 Å². The molecule has 4 aliphatic rings. The number of nitrogens with zero attached hydrogens (tertiary/aromatic N) is 4. The predicted octanol–water partition coefficient (Wildman–Crippen LogP) is 13.8. The molecule has 6 heterocycles. The fourth-order valence-corrected chi connectivity index (χ4v) is 14.3. The van der Waals surface area contributed by atoms with E-state index in [0.29, 0.717) is 38.2 Å². The number of hydrogen-bond donors (Lipinski definition) is 1. The molecule has 12 rings (SSSR count). The Kier molecular flexibility index (Phi) is 16.0. The van der Waals surface area contributed by atoms with Crippen LogP contribution < -0.4 is 34.5 Å². The lowest BCUT2D eigenvalue weighted by Crippen LogP contribution is -2.36. The number of anilines is 3. The van der Waals surface area contributed by atoms with Gasteiger partial charge in [0, 0.05) is 109 Å². The number of nitrogens with two attached hydrogens (primary N) is 1. The molecule has 0 spiro atoms. The number of nitrogen functional groups attached to an aromatic ring is 1. The quantitative estimate of drug-likeness (QED) is 0.0924. The fourth-order valence-electron chi connectivity index (χ4n) is 8.77. The van der Waals surface area contributed by atoms with E-state index < -0.39 is 0 Å². The number of ether oxygens (including phenoxy) is 6. The van der Waals surface area contributed by atoms with Gasteiger partial charge in [-0.15, -0.1) is 0 Å². The maximum absolute atomic E-state index is 6.25. The normalized spacial score (nSPS) is 14.6. The monoisotopic (exact) mass is 1170 g/mol. The number of methoxy groups -OCH3 is 2. The van der Waals surface area contributed by atoms with Gasteiger partial charge in [-0.3, -0.25) is 0 Å². The fraction of sp³-hybridized carbons (Fsp3) is 0.207. The van der Waals surface area contributed by atoms with Crippen LogP contribution in [0.2, 0.25) is 0 Å². The first-order valence-electron chi connectivity index (χ1n) is 24.2. The smallest absolute Gasteiger partial charge is 0.216 e. The second-order valence-corrected chi connectivity index (χ2v) is 23.1. The molecule has 376 valence electrons. The Balaban J connectivity index is 0.000000159. The highest BCUT2D eigenvalue weighted by molar-refractivity contribution is 14.1. The molecule has 11 nitrogen and oxygen atoms in total. The largest absolute Gasteiger partial charge is 0.497 e. The third-order valence-corrected chi connectivity index (χ3v) is 18.5. The molecule has 8 aromatic rings. The van der Waals surface area contributed by atoms with Gasteiger partial charge in [0.25, 0.3) is 0 Å². The van der Waals surface area contributed by atoms with Crippen molar-refractivity contribution in [3.8, 4) is 45.8 Å². The predicted molar refractivity (Wildman–Crippen MR) is 307 cm³/mol. The van der Waals surface area contributed by atoms with Crippen LogP contribution in [0.1, 0.15) is 11.1 Å². The number of pyridine rings is 2. The first-order valence-corrected chi connectivity index (χ1v) is 28.6. The Morgan fingerprint density at radius 2 is 0.959 bits per heavy atom. The minimum absolute atomic E-state index is 0.426. The lowest BCUT2D eigenvalue weighted by Gasteiger charge is -2.29. The zero-order valence-electron chi connectivity index (χ0n) is 40.8. The van der Waals surface area contributed by atoms with E-state index in [9.17, 15) is 0 Å². The Bertz CT molecular complexity index is 3070. The second-order valence-electron chi connectivity index (χ2n) is 17.5. The molecule has 0 aliphatic carbocycles. The molecule has 6 aromatic carbocycles. The number of fused-ring (bicyclic) bond motifs is 4. The van der Waals surface area contributed by atoms with Crippen molar-refractivity contribution in [2.45, 2.75) is 52.4 Å². The van der Waals surface area contributed by atoms with Crippen LogP contribution in [-0.2, 0) is 22.7 Å². The van der Waals surface area contributed by atoms with Crippen molar-refractivity contribution in [1.29, 1.82) is 0 Å². The summed E-state index contributed by atoms with van der Waals surface area (Å²) in [5, 5.41) is 0. The Labute approximate surface area is 462 Å². The summed E-state index contributed by atoms with van der Waals surface area (Å²) in [6, 6.07) is 49.9.